The van der Waals surface area contributed by atoms with E-state index >= 15 is 0 Å². The fraction of sp³-hybridized carbons (Fsp3) is 1.00. The molecule has 0 bridgehead atoms. The summed E-state index contributed by atoms with van der Waals surface area (Å²) in [5.74, 6) is 4.94. The lowest BCUT2D eigenvalue weighted by Crippen LogP contribution is -2.37. The van der Waals surface area contributed by atoms with Crippen molar-refractivity contribution in [3.8, 4) is 0 Å². The van der Waals surface area contributed by atoms with E-state index in [-0.39, 0.29) is 0 Å². The maximum absolute atomic E-state index is 4.94. The molecule has 3 nitrogen and oxygen atoms in total. The molecule has 4 heteroatoms. The van der Waals surface area contributed by atoms with E-state index in [1.54, 1.807) is 0 Å². The van der Waals surface area contributed by atoms with Crippen LogP contribution in [0.1, 0.15) is 0 Å². The Labute approximate surface area is 38.8 Å². The first kappa shape index (κ1) is 5.94. The van der Waals surface area contributed by atoms with Crippen LogP contribution in [0.3, 0.4) is 0 Å². The molecular formula is C2H10BN3. The molecule has 3 N–H and O–H groups in total. The van der Waals surface area contributed by atoms with E-state index in [0.717, 1.165) is 7.55 Å². The van der Waals surface area contributed by atoms with Crippen LogP contribution >= 0.6 is 0 Å². The maximum atomic E-state index is 4.94. The lowest BCUT2D eigenvalue weighted by Gasteiger charge is -2.02. The molecule has 0 radical (unpaired) electrons. The Morgan fingerprint density at radius 3 is 2.17 bits per heavy atom. The first-order valence-electron chi connectivity index (χ1n) is 1.85. The lowest BCUT2D eigenvalue weighted by atomic mass is 10.2. The molecule has 0 saturated heterocycles. The molecule has 0 unspecified atom stereocenters. The molecule has 0 aliphatic heterocycles. The molecular weight excluding hydrogens is 76.9 g/mol. The SMILES string of the molecule is CN(C)BNN. The Morgan fingerprint density at radius 1 is 1.67 bits per heavy atom. The number of hydrogen-bond acceptors (Lipinski definition) is 3. The van der Waals surface area contributed by atoms with Crippen LogP contribution in [-0.2, 0) is 0 Å². The molecule has 0 spiro atoms. The molecule has 0 aliphatic carbocycles. The van der Waals surface area contributed by atoms with Crippen molar-refractivity contribution in [3.63, 3.8) is 0 Å². The van der Waals surface area contributed by atoms with Crippen LogP contribution in [-0.4, -0.2) is 26.5 Å². The third-order valence-electron chi connectivity index (χ3n) is 0.408. The number of hydrogen-bond donors (Lipinski definition) is 2. The minimum atomic E-state index is 0.736. The number of hydrazine groups is 1. The van der Waals surface area contributed by atoms with Gasteiger partial charge in [0.2, 0.25) is 0 Å². The van der Waals surface area contributed by atoms with Gasteiger partial charge < -0.3 is 4.81 Å². The fourth-order valence-corrected chi connectivity index (χ4v) is 0.183. The molecule has 0 rings (SSSR count). The van der Waals surface area contributed by atoms with Gasteiger partial charge in [0, 0.05) is 0 Å². The van der Waals surface area contributed by atoms with Gasteiger partial charge in [-0.05, 0) is 14.1 Å². The highest BCUT2D eigenvalue weighted by atomic mass is 15.2. The third-order valence-corrected chi connectivity index (χ3v) is 0.408. The Balaban J connectivity index is 2.63. The predicted octanol–water partition coefficient (Wildman–Crippen LogP) is -1.72. The van der Waals surface area contributed by atoms with E-state index in [9.17, 15) is 0 Å². The number of nitrogens with one attached hydrogen (secondary N) is 1. The summed E-state index contributed by atoms with van der Waals surface area (Å²) >= 11 is 0. The van der Waals surface area contributed by atoms with Gasteiger partial charge in [-0.1, -0.05) is 0 Å². The summed E-state index contributed by atoms with van der Waals surface area (Å²) in [4.78, 5) is 1.94. The van der Waals surface area contributed by atoms with Crippen molar-refractivity contribution in [3.05, 3.63) is 0 Å². The van der Waals surface area contributed by atoms with E-state index in [4.69, 9.17) is 5.84 Å². The highest BCUT2D eigenvalue weighted by molar-refractivity contribution is 6.27. The van der Waals surface area contributed by atoms with Crippen molar-refractivity contribution < 1.29 is 0 Å². The normalized spacial score (nSPS) is 9.33. The topological polar surface area (TPSA) is 41.3 Å². The van der Waals surface area contributed by atoms with Crippen molar-refractivity contribution >= 4 is 7.55 Å². The van der Waals surface area contributed by atoms with Gasteiger partial charge in [0.05, 0.1) is 0 Å². The molecule has 0 aromatic carbocycles. The van der Waals surface area contributed by atoms with Gasteiger partial charge in [-0.15, -0.1) is 0 Å². The van der Waals surface area contributed by atoms with Crippen LogP contribution in [0.4, 0.5) is 0 Å². The Morgan fingerprint density at radius 2 is 2.17 bits per heavy atom. The Kier molecular flexibility index (Phi) is 3.12. The van der Waals surface area contributed by atoms with E-state index < -0.39 is 0 Å². The van der Waals surface area contributed by atoms with Crippen molar-refractivity contribution in [2.24, 2.45) is 5.84 Å². The standard InChI is InChI=1S/C2H10BN3/c1-6(2)3-5-4/h3,5H,4H2,1-2H3. The van der Waals surface area contributed by atoms with Gasteiger partial charge in [-0.3, -0.25) is 11.2 Å². The summed E-state index contributed by atoms with van der Waals surface area (Å²) in [6, 6.07) is 0. The number of rotatable bonds is 2. The van der Waals surface area contributed by atoms with E-state index in [2.05, 4.69) is 5.34 Å². The molecule has 0 amide bonds. The summed E-state index contributed by atoms with van der Waals surface area (Å²) in [6.07, 6.45) is 0. The van der Waals surface area contributed by atoms with Crippen molar-refractivity contribution in [1.82, 2.24) is 10.1 Å². The van der Waals surface area contributed by atoms with Crippen molar-refractivity contribution in [2.45, 2.75) is 0 Å². The number of nitrogens with two attached hydrogens (primary N) is 1. The van der Waals surface area contributed by atoms with E-state index in [1.165, 1.54) is 0 Å². The van der Waals surface area contributed by atoms with Gasteiger partial charge >= 0.3 is 7.55 Å². The summed E-state index contributed by atoms with van der Waals surface area (Å²) < 4.78 is 0. The lowest BCUT2D eigenvalue weighted by molar-refractivity contribution is 0.643. The zero-order valence-electron chi connectivity index (χ0n) is 4.23. The van der Waals surface area contributed by atoms with Crippen LogP contribution in [0.25, 0.3) is 0 Å². The van der Waals surface area contributed by atoms with Gasteiger partial charge in [0.1, 0.15) is 0 Å². The zero-order chi connectivity index (χ0) is 4.99. The van der Waals surface area contributed by atoms with Crippen molar-refractivity contribution in [2.75, 3.05) is 14.1 Å². The third kappa shape index (κ3) is 3.94. The van der Waals surface area contributed by atoms with Gasteiger partial charge in [-0.25, -0.2) is 0 Å². The Bertz CT molecular complexity index is 30.0. The molecule has 0 atom stereocenters. The molecule has 0 heterocycles. The second-order valence-electron chi connectivity index (χ2n) is 1.44. The zero-order valence-corrected chi connectivity index (χ0v) is 4.23. The fourth-order valence-electron chi connectivity index (χ4n) is 0.183. The molecule has 0 saturated carbocycles. The first-order valence-corrected chi connectivity index (χ1v) is 1.85. The largest absolute Gasteiger partial charge is 0.336 e. The van der Waals surface area contributed by atoms with Crippen LogP contribution in [0.15, 0.2) is 0 Å². The van der Waals surface area contributed by atoms with Gasteiger partial charge in [0.25, 0.3) is 0 Å². The maximum Gasteiger partial charge on any atom is 0.302 e. The van der Waals surface area contributed by atoms with Crippen LogP contribution in [0, 0.1) is 0 Å². The first-order chi connectivity index (χ1) is 2.77. The van der Waals surface area contributed by atoms with Crippen LogP contribution in [0.5, 0.6) is 0 Å². The quantitative estimate of drug-likeness (QED) is 0.239. The Hall–Kier alpha value is -0.0551. The second-order valence-corrected chi connectivity index (χ2v) is 1.44. The molecule has 0 aromatic rings. The van der Waals surface area contributed by atoms with Gasteiger partial charge in [0.15, 0.2) is 0 Å². The van der Waals surface area contributed by atoms with E-state index in [1.807, 2.05) is 18.9 Å². The molecule has 36 valence electrons. The van der Waals surface area contributed by atoms with Crippen LogP contribution < -0.4 is 11.2 Å². The molecule has 0 aromatic heterocycles. The second kappa shape index (κ2) is 3.15. The summed E-state index contributed by atoms with van der Waals surface area (Å²) in [6.45, 7) is 0. The monoisotopic (exact) mass is 87.1 g/mol. The summed E-state index contributed by atoms with van der Waals surface area (Å²) in [5.41, 5.74) is 0. The van der Waals surface area contributed by atoms with E-state index in [0.29, 0.717) is 0 Å². The molecule has 0 fully saturated rings. The highest BCUT2D eigenvalue weighted by Gasteiger charge is 1.83. The smallest absolute Gasteiger partial charge is 0.302 e. The predicted molar refractivity (Wildman–Crippen MR) is 28.2 cm³/mol. The van der Waals surface area contributed by atoms with Crippen molar-refractivity contribution in [1.29, 1.82) is 0 Å². The minimum absolute atomic E-state index is 0.736. The number of nitrogens with zero attached hydrogens (tertiary/aromatic N) is 1. The summed E-state index contributed by atoms with van der Waals surface area (Å²) in [7, 11) is 4.62. The summed E-state index contributed by atoms with van der Waals surface area (Å²) in [5, 5.41) is 2.49. The average Bonchev–Trinajstić information content (AvgIpc) is 1.35. The average molecular weight is 86.9 g/mol. The minimum Gasteiger partial charge on any atom is -0.336 e. The highest BCUT2D eigenvalue weighted by Crippen LogP contribution is 1.55. The van der Waals surface area contributed by atoms with Crippen LogP contribution in [0.2, 0.25) is 0 Å². The molecule has 6 heavy (non-hydrogen) atoms. The molecule has 0 aliphatic rings. The van der Waals surface area contributed by atoms with Gasteiger partial charge in [-0.2, -0.15) is 0 Å².